The summed E-state index contributed by atoms with van der Waals surface area (Å²) in [5, 5.41) is 0. The Labute approximate surface area is 50.9 Å². The average molecular weight is 121 g/mol. The van der Waals surface area contributed by atoms with Gasteiger partial charge in [-0.15, -0.1) is 11.6 Å². The lowest BCUT2D eigenvalue weighted by Crippen LogP contribution is -1.92. The van der Waals surface area contributed by atoms with E-state index in [-0.39, 0.29) is 0 Å². The molecule has 0 aliphatic heterocycles. The van der Waals surface area contributed by atoms with Crippen LogP contribution in [0.5, 0.6) is 0 Å². The van der Waals surface area contributed by atoms with Crippen LogP contribution in [0.25, 0.3) is 0 Å². The van der Waals surface area contributed by atoms with Gasteiger partial charge in [-0.05, 0) is 12.3 Å². The summed E-state index contributed by atoms with van der Waals surface area (Å²) >= 11 is 5.53. The number of halogens is 1. The van der Waals surface area contributed by atoms with Gasteiger partial charge in [-0.25, -0.2) is 0 Å². The SMILES string of the molecule is CCC[C@H](C)CCl. The van der Waals surface area contributed by atoms with Crippen LogP contribution in [-0.2, 0) is 0 Å². The van der Waals surface area contributed by atoms with Crippen molar-refractivity contribution in [1.29, 1.82) is 0 Å². The van der Waals surface area contributed by atoms with Gasteiger partial charge in [0.1, 0.15) is 0 Å². The minimum atomic E-state index is 0.715. The van der Waals surface area contributed by atoms with Crippen molar-refractivity contribution in [3.05, 3.63) is 0 Å². The first-order valence-electron chi connectivity index (χ1n) is 2.87. The third-order valence-corrected chi connectivity index (χ3v) is 1.57. The zero-order valence-electron chi connectivity index (χ0n) is 5.08. The van der Waals surface area contributed by atoms with Crippen LogP contribution in [0.2, 0.25) is 0 Å². The average Bonchev–Trinajstić information content (AvgIpc) is 1.68. The topological polar surface area (TPSA) is 0 Å². The van der Waals surface area contributed by atoms with Crippen LogP contribution in [0.1, 0.15) is 26.7 Å². The molecule has 0 aliphatic carbocycles. The summed E-state index contributed by atoms with van der Waals surface area (Å²) in [5.41, 5.74) is 0. The Hall–Kier alpha value is 0.290. The Kier molecular flexibility index (Phi) is 4.63. The predicted molar refractivity (Wildman–Crippen MR) is 34.8 cm³/mol. The zero-order chi connectivity index (χ0) is 5.70. The van der Waals surface area contributed by atoms with E-state index in [9.17, 15) is 0 Å². The Morgan fingerprint density at radius 3 is 2.29 bits per heavy atom. The van der Waals surface area contributed by atoms with Crippen molar-refractivity contribution in [3.8, 4) is 0 Å². The molecule has 0 aromatic carbocycles. The minimum Gasteiger partial charge on any atom is -0.126 e. The molecule has 0 saturated carbocycles. The molecule has 44 valence electrons. The molecule has 1 heteroatoms. The molecule has 0 rings (SSSR count). The molecule has 0 spiro atoms. The summed E-state index contributed by atoms with van der Waals surface area (Å²) in [6, 6.07) is 0. The monoisotopic (exact) mass is 120 g/mol. The second-order valence-electron chi connectivity index (χ2n) is 2.05. The van der Waals surface area contributed by atoms with Crippen molar-refractivity contribution in [2.24, 2.45) is 5.92 Å². The summed E-state index contributed by atoms with van der Waals surface area (Å²) in [6.45, 7) is 4.36. The van der Waals surface area contributed by atoms with Crippen molar-refractivity contribution in [2.75, 3.05) is 5.88 Å². The molecule has 0 amide bonds. The molecule has 0 aliphatic rings. The van der Waals surface area contributed by atoms with Gasteiger partial charge in [0.25, 0.3) is 0 Å². The van der Waals surface area contributed by atoms with Crippen molar-refractivity contribution >= 4 is 11.6 Å². The van der Waals surface area contributed by atoms with Crippen molar-refractivity contribution in [3.63, 3.8) is 0 Å². The van der Waals surface area contributed by atoms with Crippen LogP contribution in [0, 0.1) is 5.92 Å². The Bertz CT molecular complexity index is 35.2. The minimum absolute atomic E-state index is 0.715. The fourth-order valence-corrected chi connectivity index (χ4v) is 0.724. The third kappa shape index (κ3) is 4.14. The second kappa shape index (κ2) is 4.45. The lowest BCUT2D eigenvalue weighted by molar-refractivity contribution is 0.582. The van der Waals surface area contributed by atoms with Gasteiger partial charge in [0.2, 0.25) is 0 Å². The number of rotatable bonds is 3. The molecule has 0 bridgehead atoms. The van der Waals surface area contributed by atoms with Gasteiger partial charge >= 0.3 is 0 Å². The molecule has 0 unspecified atom stereocenters. The molecular formula is C6H13Cl. The number of hydrogen-bond acceptors (Lipinski definition) is 0. The van der Waals surface area contributed by atoms with E-state index in [1.165, 1.54) is 12.8 Å². The summed E-state index contributed by atoms with van der Waals surface area (Å²) in [5.74, 6) is 1.53. The summed E-state index contributed by atoms with van der Waals surface area (Å²) in [4.78, 5) is 0. The normalized spacial score (nSPS) is 14.1. The van der Waals surface area contributed by atoms with E-state index in [1.54, 1.807) is 0 Å². The molecule has 0 radical (unpaired) electrons. The maximum absolute atomic E-state index is 5.53. The quantitative estimate of drug-likeness (QED) is 0.503. The second-order valence-corrected chi connectivity index (χ2v) is 2.36. The molecule has 7 heavy (non-hydrogen) atoms. The van der Waals surface area contributed by atoms with Gasteiger partial charge in [-0.1, -0.05) is 20.3 Å². The van der Waals surface area contributed by atoms with Gasteiger partial charge in [0, 0.05) is 5.88 Å². The fourth-order valence-electron chi connectivity index (χ4n) is 0.570. The predicted octanol–water partition coefficient (Wildman–Crippen LogP) is 2.66. The summed E-state index contributed by atoms with van der Waals surface area (Å²) in [6.07, 6.45) is 2.53. The molecule has 0 nitrogen and oxygen atoms in total. The highest BCUT2D eigenvalue weighted by Crippen LogP contribution is 2.05. The van der Waals surface area contributed by atoms with Gasteiger partial charge in [-0.3, -0.25) is 0 Å². The van der Waals surface area contributed by atoms with Gasteiger partial charge in [0.15, 0.2) is 0 Å². The highest BCUT2D eigenvalue weighted by molar-refractivity contribution is 6.18. The molecular weight excluding hydrogens is 108 g/mol. The smallest absolute Gasteiger partial charge is 0.0249 e. The van der Waals surface area contributed by atoms with Crippen molar-refractivity contribution in [2.45, 2.75) is 26.7 Å². The van der Waals surface area contributed by atoms with Gasteiger partial charge < -0.3 is 0 Å². The van der Waals surface area contributed by atoms with Crippen LogP contribution in [0.3, 0.4) is 0 Å². The molecule has 1 atom stereocenters. The fraction of sp³-hybridized carbons (Fsp3) is 1.00. The van der Waals surface area contributed by atoms with Crippen molar-refractivity contribution in [1.82, 2.24) is 0 Å². The Morgan fingerprint density at radius 2 is 2.14 bits per heavy atom. The molecule has 0 aromatic rings. The summed E-state index contributed by atoms with van der Waals surface area (Å²) < 4.78 is 0. The molecule has 0 saturated heterocycles. The van der Waals surface area contributed by atoms with Gasteiger partial charge in [0.05, 0.1) is 0 Å². The molecule has 0 fully saturated rings. The van der Waals surface area contributed by atoms with Crippen LogP contribution in [0.15, 0.2) is 0 Å². The van der Waals surface area contributed by atoms with E-state index in [0.29, 0.717) is 5.92 Å². The number of hydrogen-bond donors (Lipinski definition) is 0. The lowest BCUT2D eigenvalue weighted by Gasteiger charge is -2.01. The third-order valence-electron chi connectivity index (χ3n) is 1.04. The Morgan fingerprint density at radius 1 is 1.57 bits per heavy atom. The highest BCUT2D eigenvalue weighted by atomic mass is 35.5. The first-order chi connectivity index (χ1) is 3.31. The lowest BCUT2D eigenvalue weighted by atomic mass is 10.1. The van der Waals surface area contributed by atoms with Crippen LogP contribution in [0.4, 0.5) is 0 Å². The standard InChI is InChI=1S/C6H13Cl/c1-3-4-6(2)5-7/h6H,3-5H2,1-2H3/t6-/m0/s1. The largest absolute Gasteiger partial charge is 0.126 e. The van der Waals surface area contributed by atoms with Crippen LogP contribution in [-0.4, -0.2) is 5.88 Å². The number of alkyl halides is 1. The first kappa shape index (κ1) is 7.29. The van der Waals surface area contributed by atoms with E-state index in [1.807, 2.05) is 0 Å². The zero-order valence-corrected chi connectivity index (χ0v) is 5.83. The van der Waals surface area contributed by atoms with E-state index in [4.69, 9.17) is 11.6 Å². The molecule has 0 N–H and O–H groups in total. The van der Waals surface area contributed by atoms with E-state index in [0.717, 1.165) is 5.88 Å². The Balaban J connectivity index is 2.83. The highest BCUT2D eigenvalue weighted by Gasteiger charge is 1.94. The molecule has 0 heterocycles. The maximum atomic E-state index is 5.53. The molecule has 0 aromatic heterocycles. The first-order valence-corrected chi connectivity index (χ1v) is 3.40. The van der Waals surface area contributed by atoms with E-state index >= 15 is 0 Å². The van der Waals surface area contributed by atoms with Crippen LogP contribution < -0.4 is 0 Å². The maximum Gasteiger partial charge on any atom is 0.0249 e. The van der Waals surface area contributed by atoms with E-state index in [2.05, 4.69) is 13.8 Å². The summed E-state index contributed by atoms with van der Waals surface area (Å²) in [7, 11) is 0. The van der Waals surface area contributed by atoms with Gasteiger partial charge in [-0.2, -0.15) is 0 Å². The van der Waals surface area contributed by atoms with E-state index < -0.39 is 0 Å². The van der Waals surface area contributed by atoms with Crippen molar-refractivity contribution < 1.29 is 0 Å². The van der Waals surface area contributed by atoms with Crippen LogP contribution >= 0.6 is 11.6 Å².